The lowest BCUT2D eigenvalue weighted by Gasteiger charge is -2.32. The van der Waals surface area contributed by atoms with Crippen molar-refractivity contribution in [3.8, 4) is 16.9 Å². The minimum Gasteiger partial charge on any atom is -0.481 e. The van der Waals surface area contributed by atoms with Crippen molar-refractivity contribution in [2.75, 3.05) is 7.05 Å². The summed E-state index contributed by atoms with van der Waals surface area (Å²) in [6.07, 6.45) is 5.49. The lowest BCUT2D eigenvalue weighted by molar-refractivity contribution is -0.139. The van der Waals surface area contributed by atoms with E-state index in [1.807, 2.05) is 61.3 Å². The highest BCUT2D eigenvalue weighted by atomic mass is 16.5. The Morgan fingerprint density at radius 2 is 1.56 bits per heavy atom. The first-order valence-corrected chi connectivity index (χ1v) is 9.24. The molecule has 3 nitrogen and oxygen atoms in total. The number of benzene rings is 2. The summed E-state index contributed by atoms with van der Waals surface area (Å²) in [5.74, 6) is 0.802. The number of ether oxygens (including phenoxy) is 1. The fourth-order valence-corrected chi connectivity index (χ4v) is 3.55. The second kappa shape index (κ2) is 8.19. The van der Waals surface area contributed by atoms with Crippen molar-refractivity contribution >= 4 is 5.91 Å². The number of carbonyl (C=O) groups is 1. The van der Waals surface area contributed by atoms with E-state index in [0.717, 1.165) is 24.2 Å². The molecule has 0 saturated heterocycles. The minimum atomic E-state index is -0.463. The first-order valence-electron chi connectivity index (χ1n) is 9.24. The predicted octanol–water partition coefficient (Wildman–Crippen LogP) is 4.91. The van der Waals surface area contributed by atoms with Crippen LogP contribution >= 0.6 is 0 Å². The fraction of sp³-hybridized carbons (Fsp3) is 0.409. The largest absolute Gasteiger partial charge is 0.481 e. The molecule has 3 heteroatoms. The molecule has 1 atom stereocenters. The van der Waals surface area contributed by atoms with Crippen molar-refractivity contribution in [1.29, 1.82) is 0 Å². The van der Waals surface area contributed by atoms with Crippen LogP contribution in [0.15, 0.2) is 54.6 Å². The molecule has 0 radical (unpaired) electrons. The number of hydrogen-bond acceptors (Lipinski definition) is 2. The Morgan fingerprint density at radius 1 is 0.960 bits per heavy atom. The molecule has 0 bridgehead atoms. The molecule has 132 valence electrons. The van der Waals surface area contributed by atoms with Crippen LogP contribution in [0.4, 0.5) is 0 Å². The maximum atomic E-state index is 12.6. The van der Waals surface area contributed by atoms with E-state index in [-0.39, 0.29) is 5.91 Å². The maximum absolute atomic E-state index is 12.6. The van der Waals surface area contributed by atoms with Crippen LogP contribution in [0.5, 0.6) is 5.75 Å². The molecular formula is C22H27NO2. The number of carbonyl (C=O) groups excluding carboxylic acids is 1. The van der Waals surface area contributed by atoms with Gasteiger partial charge in [0.05, 0.1) is 0 Å². The van der Waals surface area contributed by atoms with Crippen molar-refractivity contribution in [3.63, 3.8) is 0 Å². The molecule has 3 rings (SSSR count). The Kier molecular flexibility index (Phi) is 5.75. The van der Waals surface area contributed by atoms with Gasteiger partial charge in [0.15, 0.2) is 6.10 Å². The molecule has 2 aromatic rings. The van der Waals surface area contributed by atoms with E-state index in [1.165, 1.54) is 24.8 Å². The summed E-state index contributed by atoms with van der Waals surface area (Å²) < 4.78 is 5.89. The summed E-state index contributed by atoms with van der Waals surface area (Å²) in [4.78, 5) is 14.5. The van der Waals surface area contributed by atoms with Crippen LogP contribution in [0, 0.1) is 0 Å². The topological polar surface area (TPSA) is 29.5 Å². The second-order valence-corrected chi connectivity index (χ2v) is 6.89. The molecule has 1 amide bonds. The fourth-order valence-electron chi connectivity index (χ4n) is 3.55. The normalized spacial score (nSPS) is 16.2. The minimum absolute atomic E-state index is 0.0686. The Morgan fingerprint density at radius 3 is 2.20 bits per heavy atom. The van der Waals surface area contributed by atoms with E-state index in [1.54, 1.807) is 0 Å². The molecule has 0 N–H and O–H groups in total. The van der Waals surface area contributed by atoms with Gasteiger partial charge in [0.1, 0.15) is 5.75 Å². The smallest absolute Gasteiger partial charge is 0.263 e. The summed E-state index contributed by atoms with van der Waals surface area (Å²) in [6, 6.07) is 18.6. The lowest BCUT2D eigenvalue weighted by atomic mass is 9.94. The van der Waals surface area contributed by atoms with Gasteiger partial charge in [-0.05, 0) is 43.0 Å². The quantitative estimate of drug-likeness (QED) is 0.775. The van der Waals surface area contributed by atoms with Gasteiger partial charge in [-0.15, -0.1) is 0 Å². The van der Waals surface area contributed by atoms with Gasteiger partial charge in [0, 0.05) is 13.1 Å². The molecule has 1 fully saturated rings. The predicted molar refractivity (Wildman–Crippen MR) is 102 cm³/mol. The third-order valence-corrected chi connectivity index (χ3v) is 5.09. The van der Waals surface area contributed by atoms with Gasteiger partial charge in [-0.25, -0.2) is 0 Å². The van der Waals surface area contributed by atoms with Crippen molar-refractivity contribution in [1.82, 2.24) is 4.90 Å². The first-order chi connectivity index (χ1) is 12.1. The zero-order valence-electron chi connectivity index (χ0n) is 15.2. The van der Waals surface area contributed by atoms with Crippen molar-refractivity contribution in [2.45, 2.75) is 51.2 Å². The number of hydrogen-bond donors (Lipinski definition) is 0. The van der Waals surface area contributed by atoms with Crippen molar-refractivity contribution < 1.29 is 9.53 Å². The third-order valence-electron chi connectivity index (χ3n) is 5.09. The number of rotatable bonds is 5. The van der Waals surface area contributed by atoms with Gasteiger partial charge < -0.3 is 9.64 Å². The molecule has 0 aliphatic heterocycles. The first kappa shape index (κ1) is 17.5. The van der Waals surface area contributed by atoms with Crippen molar-refractivity contribution in [2.24, 2.45) is 0 Å². The molecular weight excluding hydrogens is 310 g/mol. The zero-order chi connectivity index (χ0) is 17.6. The van der Waals surface area contributed by atoms with E-state index in [0.29, 0.717) is 6.04 Å². The van der Waals surface area contributed by atoms with E-state index in [4.69, 9.17) is 4.74 Å². The molecule has 2 aromatic carbocycles. The highest BCUT2D eigenvalue weighted by molar-refractivity contribution is 5.81. The summed E-state index contributed by atoms with van der Waals surface area (Å²) in [6.45, 7) is 1.84. The lowest BCUT2D eigenvalue weighted by Crippen LogP contribution is -2.44. The van der Waals surface area contributed by atoms with E-state index >= 15 is 0 Å². The van der Waals surface area contributed by atoms with Gasteiger partial charge in [-0.1, -0.05) is 61.7 Å². The molecule has 1 saturated carbocycles. The third kappa shape index (κ3) is 4.41. The Balaban J connectivity index is 1.60. The van der Waals surface area contributed by atoms with Gasteiger partial charge >= 0.3 is 0 Å². The zero-order valence-corrected chi connectivity index (χ0v) is 15.2. The number of nitrogens with zero attached hydrogens (tertiary/aromatic N) is 1. The Bertz CT molecular complexity index is 675. The van der Waals surface area contributed by atoms with Crippen LogP contribution in [0.1, 0.15) is 39.0 Å². The summed E-state index contributed by atoms with van der Waals surface area (Å²) >= 11 is 0. The molecule has 25 heavy (non-hydrogen) atoms. The summed E-state index contributed by atoms with van der Waals surface area (Å²) in [5.41, 5.74) is 2.32. The highest BCUT2D eigenvalue weighted by Crippen LogP contribution is 2.24. The van der Waals surface area contributed by atoms with E-state index < -0.39 is 6.10 Å². The average Bonchev–Trinajstić information content (AvgIpc) is 2.68. The van der Waals surface area contributed by atoms with Gasteiger partial charge in [-0.2, -0.15) is 0 Å². The second-order valence-electron chi connectivity index (χ2n) is 6.89. The van der Waals surface area contributed by atoms with E-state index in [2.05, 4.69) is 12.1 Å². The standard InChI is InChI=1S/C22H27NO2/c1-17(22(24)23(2)20-11-7-4-8-12-20)25-21-15-13-19(14-16-21)18-9-5-3-6-10-18/h3,5-6,9-10,13-17,20H,4,7-8,11-12H2,1-2H3. The van der Waals surface area contributed by atoms with E-state index in [9.17, 15) is 4.79 Å². The molecule has 1 aliphatic rings. The highest BCUT2D eigenvalue weighted by Gasteiger charge is 2.26. The Hall–Kier alpha value is -2.29. The molecule has 1 aliphatic carbocycles. The van der Waals surface area contributed by atoms with Crippen LogP contribution in [-0.4, -0.2) is 30.0 Å². The monoisotopic (exact) mass is 337 g/mol. The summed E-state index contributed by atoms with van der Waals surface area (Å²) in [7, 11) is 1.91. The van der Waals surface area contributed by atoms with Crippen LogP contribution < -0.4 is 4.74 Å². The molecule has 0 heterocycles. The van der Waals surface area contributed by atoms with Crippen LogP contribution in [-0.2, 0) is 4.79 Å². The molecule has 0 aromatic heterocycles. The SMILES string of the molecule is CC(Oc1ccc(-c2ccccc2)cc1)C(=O)N(C)C1CCCCC1. The van der Waals surface area contributed by atoms with Gasteiger partial charge in [0.25, 0.3) is 5.91 Å². The van der Waals surface area contributed by atoms with Gasteiger partial charge in [0.2, 0.25) is 0 Å². The number of amides is 1. The van der Waals surface area contributed by atoms with Crippen LogP contribution in [0.3, 0.4) is 0 Å². The van der Waals surface area contributed by atoms with Crippen molar-refractivity contribution in [3.05, 3.63) is 54.6 Å². The summed E-state index contributed by atoms with van der Waals surface area (Å²) in [5, 5.41) is 0. The van der Waals surface area contributed by atoms with Gasteiger partial charge in [-0.3, -0.25) is 4.79 Å². The number of likely N-dealkylation sites (N-methyl/N-ethyl adjacent to an activating group) is 1. The van der Waals surface area contributed by atoms with Crippen LogP contribution in [0.25, 0.3) is 11.1 Å². The molecule has 0 spiro atoms. The maximum Gasteiger partial charge on any atom is 0.263 e. The van der Waals surface area contributed by atoms with Crippen LogP contribution in [0.2, 0.25) is 0 Å². The average molecular weight is 337 g/mol. The Labute approximate surface area is 150 Å². The molecule has 1 unspecified atom stereocenters.